The minimum atomic E-state index is -3.15. The van der Waals surface area contributed by atoms with E-state index >= 15 is 0 Å². The molecule has 19 heavy (non-hydrogen) atoms. The maximum atomic E-state index is 11.3. The number of nitrogens with one attached hydrogen (secondary N) is 2. The van der Waals surface area contributed by atoms with Crippen molar-refractivity contribution in [3.63, 3.8) is 0 Å². The van der Waals surface area contributed by atoms with E-state index < -0.39 is 15.6 Å². The molecule has 0 aromatic rings. The summed E-state index contributed by atoms with van der Waals surface area (Å²) < 4.78 is 25.4. The molecule has 4 nitrogen and oxygen atoms in total. The van der Waals surface area contributed by atoms with Crippen LogP contribution >= 0.6 is 0 Å². The van der Waals surface area contributed by atoms with E-state index in [9.17, 15) is 8.42 Å². The first-order chi connectivity index (χ1) is 8.61. The van der Waals surface area contributed by atoms with Gasteiger partial charge >= 0.3 is 0 Å². The summed E-state index contributed by atoms with van der Waals surface area (Å²) in [6, 6.07) is 0.523. The molecule has 1 fully saturated rings. The van der Waals surface area contributed by atoms with E-state index in [1.54, 1.807) is 0 Å². The van der Waals surface area contributed by atoms with Crippen LogP contribution in [0, 0.1) is 11.8 Å². The molecule has 1 saturated carbocycles. The summed E-state index contributed by atoms with van der Waals surface area (Å²) in [5.74, 6) is 1.39. The molecule has 0 saturated heterocycles. The Hall–Kier alpha value is -0.130. The van der Waals surface area contributed by atoms with Gasteiger partial charge in [-0.1, -0.05) is 26.7 Å². The summed E-state index contributed by atoms with van der Waals surface area (Å²) in [6.45, 7) is 9.09. The highest BCUT2D eigenvalue weighted by atomic mass is 32.2. The lowest BCUT2D eigenvalue weighted by atomic mass is 9.77. The molecule has 0 aliphatic heterocycles. The summed E-state index contributed by atoms with van der Waals surface area (Å²) in [5.41, 5.74) is -0.438. The minimum absolute atomic E-state index is 0.438. The van der Waals surface area contributed by atoms with Crippen molar-refractivity contribution in [2.24, 2.45) is 11.8 Å². The highest BCUT2D eigenvalue weighted by Gasteiger charge is 2.29. The van der Waals surface area contributed by atoms with Crippen LogP contribution in [0.2, 0.25) is 0 Å². The van der Waals surface area contributed by atoms with Gasteiger partial charge in [0.1, 0.15) is 0 Å². The molecule has 1 aliphatic carbocycles. The van der Waals surface area contributed by atoms with E-state index in [4.69, 9.17) is 0 Å². The Kier molecular flexibility index (Phi) is 5.83. The predicted molar refractivity (Wildman–Crippen MR) is 80.6 cm³/mol. The zero-order valence-corrected chi connectivity index (χ0v) is 13.8. The average molecular weight is 290 g/mol. The molecule has 1 rings (SSSR count). The van der Waals surface area contributed by atoms with Crippen molar-refractivity contribution in [2.75, 3.05) is 12.8 Å². The molecule has 0 spiro atoms. The quantitative estimate of drug-likeness (QED) is 0.788. The number of hydrogen-bond donors (Lipinski definition) is 2. The fourth-order valence-electron chi connectivity index (χ4n) is 3.14. The van der Waals surface area contributed by atoms with E-state index in [-0.39, 0.29) is 0 Å². The van der Waals surface area contributed by atoms with Gasteiger partial charge in [0.05, 0.1) is 6.26 Å². The Morgan fingerprint density at radius 1 is 1.21 bits per heavy atom. The Labute approximate surface area is 118 Å². The second kappa shape index (κ2) is 6.55. The molecular weight excluding hydrogens is 260 g/mol. The van der Waals surface area contributed by atoms with Gasteiger partial charge in [0.2, 0.25) is 10.0 Å². The van der Waals surface area contributed by atoms with Crippen LogP contribution < -0.4 is 10.0 Å². The predicted octanol–water partition coefficient (Wildman–Crippen LogP) is 2.12. The van der Waals surface area contributed by atoms with Crippen LogP contribution in [0.4, 0.5) is 0 Å². The van der Waals surface area contributed by atoms with E-state index in [1.807, 2.05) is 13.8 Å². The SMILES string of the molecule is CC(C)C1CCCCC1NCC(C)(C)NS(C)(=O)=O. The maximum Gasteiger partial charge on any atom is 0.209 e. The molecule has 0 heterocycles. The van der Waals surface area contributed by atoms with Crippen molar-refractivity contribution < 1.29 is 8.42 Å². The first-order valence-corrected chi connectivity index (χ1v) is 9.22. The fraction of sp³-hybridized carbons (Fsp3) is 1.00. The molecule has 114 valence electrons. The third-order valence-electron chi connectivity index (χ3n) is 3.94. The minimum Gasteiger partial charge on any atom is -0.312 e. The molecule has 0 aromatic carbocycles. The monoisotopic (exact) mass is 290 g/mol. The highest BCUT2D eigenvalue weighted by molar-refractivity contribution is 7.88. The Balaban J connectivity index is 2.54. The molecule has 2 atom stereocenters. The van der Waals surface area contributed by atoms with Gasteiger partial charge in [-0.15, -0.1) is 0 Å². The summed E-state index contributed by atoms with van der Waals surface area (Å²) in [4.78, 5) is 0. The second-order valence-electron chi connectivity index (χ2n) is 6.94. The lowest BCUT2D eigenvalue weighted by Gasteiger charge is -2.37. The molecule has 0 radical (unpaired) electrons. The lowest BCUT2D eigenvalue weighted by Crippen LogP contribution is -2.53. The molecule has 2 unspecified atom stereocenters. The smallest absolute Gasteiger partial charge is 0.209 e. The maximum absolute atomic E-state index is 11.3. The lowest BCUT2D eigenvalue weighted by molar-refractivity contribution is 0.196. The van der Waals surface area contributed by atoms with Gasteiger partial charge in [-0.3, -0.25) is 0 Å². The van der Waals surface area contributed by atoms with Gasteiger partial charge in [0, 0.05) is 18.1 Å². The van der Waals surface area contributed by atoms with Gasteiger partial charge < -0.3 is 5.32 Å². The number of rotatable bonds is 6. The van der Waals surface area contributed by atoms with Gasteiger partial charge in [0.25, 0.3) is 0 Å². The van der Waals surface area contributed by atoms with Crippen LogP contribution in [-0.4, -0.2) is 32.8 Å². The van der Waals surface area contributed by atoms with Crippen LogP contribution in [0.5, 0.6) is 0 Å². The fourth-order valence-corrected chi connectivity index (χ4v) is 4.21. The average Bonchev–Trinajstić information content (AvgIpc) is 2.23. The summed E-state index contributed by atoms with van der Waals surface area (Å²) in [7, 11) is -3.15. The van der Waals surface area contributed by atoms with Gasteiger partial charge in [-0.2, -0.15) is 0 Å². The topological polar surface area (TPSA) is 58.2 Å². The van der Waals surface area contributed by atoms with Crippen molar-refractivity contribution in [1.29, 1.82) is 0 Å². The van der Waals surface area contributed by atoms with Crippen LogP contribution in [0.3, 0.4) is 0 Å². The number of sulfonamides is 1. The van der Waals surface area contributed by atoms with Crippen LogP contribution in [0.1, 0.15) is 53.4 Å². The zero-order valence-electron chi connectivity index (χ0n) is 13.0. The third-order valence-corrected chi connectivity index (χ3v) is 4.87. The van der Waals surface area contributed by atoms with Crippen molar-refractivity contribution in [2.45, 2.75) is 65.0 Å². The number of hydrogen-bond acceptors (Lipinski definition) is 3. The van der Waals surface area contributed by atoms with Crippen LogP contribution in [-0.2, 0) is 10.0 Å². The van der Waals surface area contributed by atoms with Gasteiger partial charge in [-0.25, -0.2) is 13.1 Å². The second-order valence-corrected chi connectivity index (χ2v) is 8.69. The van der Waals surface area contributed by atoms with Gasteiger partial charge in [-0.05, 0) is 38.5 Å². The van der Waals surface area contributed by atoms with Crippen molar-refractivity contribution in [3.8, 4) is 0 Å². The molecule has 0 amide bonds. The van der Waals surface area contributed by atoms with E-state index in [0.717, 1.165) is 0 Å². The summed E-state index contributed by atoms with van der Waals surface area (Å²) in [5, 5.41) is 3.59. The van der Waals surface area contributed by atoms with Crippen LogP contribution in [0.25, 0.3) is 0 Å². The summed E-state index contributed by atoms with van der Waals surface area (Å²) >= 11 is 0. The first kappa shape index (κ1) is 16.9. The molecular formula is C14H30N2O2S. The third kappa shape index (κ3) is 6.23. The van der Waals surface area contributed by atoms with Gasteiger partial charge in [0.15, 0.2) is 0 Å². The van der Waals surface area contributed by atoms with Crippen LogP contribution in [0.15, 0.2) is 0 Å². The van der Waals surface area contributed by atoms with Crippen molar-refractivity contribution in [3.05, 3.63) is 0 Å². The summed E-state index contributed by atoms with van der Waals surface area (Å²) in [6.07, 6.45) is 6.31. The van der Waals surface area contributed by atoms with E-state index in [1.165, 1.54) is 31.9 Å². The normalized spacial score (nSPS) is 25.8. The van der Waals surface area contributed by atoms with E-state index in [0.29, 0.717) is 24.4 Å². The Morgan fingerprint density at radius 3 is 2.32 bits per heavy atom. The zero-order chi connectivity index (χ0) is 14.7. The molecule has 1 aliphatic rings. The highest BCUT2D eigenvalue weighted by Crippen LogP contribution is 2.30. The molecule has 0 bridgehead atoms. The largest absolute Gasteiger partial charge is 0.312 e. The van der Waals surface area contributed by atoms with Crippen molar-refractivity contribution in [1.82, 2.24) is 10.0 Å². The van der Waals surface area contributed by atoms with E-state index in [2.05, 4.69) is 23.9 Å². The Morgan fingerprint density at radius 2 is 1.79 bits per heavy atom. The standard InChI is InChI=1S/C14H30N2O2S/c1-11(2)12-8-6-7-9-13(12)15-10-14(3,4)16-19(5,17)18/h11-13,15-16H,6-10H2,1-5H3. The molecule has 0 aromatic heterocycles. The van der Waals surface area contributed by atoms with Crippen molar-refractivity contribution >= 4 is 10.0 Å². The Bertz CT molecular complexity index is 377. The molecule has 5 heteroatoms. The molecule has 2 N–H and O–H groups in total. The first-order valence-electron chi connectivity index (χ1n) is 7.33.